The maximum atomic E-state index is 12.1. The molecule has 0 aromatic heterocycles. The number of phenols is 1. The normalized spacial score (nSPS) is 10.6. The van der Waals surface area contributed by atoms with Gasteiger partial charge >= 0.3 is 0 Å². The SMILES string of the molecule is O=C(CCc1ccc(O)c(Cl)c1Cl)c1ccc(Br)cc1. The largest absolute Gasteiger partial charge is 0.506 e. The van der Waals surface area contributed by atoms with Crippen LogP contribution in [-0.2, 0) is 6.42 Å². The first-order valence-corrected chi connectivity index (χ1v) is 7.48. The number of carbonyl (C=O) groups is 1. The van der Waals surface area contributed by atoms with E-state index >= 15 is 0 Å². The van der Waals surface area contributed by atoms with Crippen molar-refractivity contribution in [2.45, 2.75) is 12.8 Å². The van der Waals surface area contributed by atoms with E-state index in [0.29, 0.717) is 23.4 Å². The molecule has 0 spiro atoms. The Kier molecular flexibility index (Phi) is 5.08. The van der Waals surface area contributed by atoms with Gasteiger partial charge in [0.25, 0.3) is 0 Å². The van der Waals surface area contributed by atoms with E-state index in [9.17, 15) is 9.90 Å². The van der Waals surface area contributed by atoms with Gasteiger partial charge in [0.05, 0.1) is 5.02 Å². The van der Waals surface area contributed by atoms with Crippen LogP contribution in [0.15, 0.2) is 40.9 Å². The van der Waals surface area contributed by atoms with E-state index in [1.54, 1.807) is 18.2 Å². The van der Waals surface area contributed by atoms with Crippen molar-refractivity contribution in [2.24, 2.45) is 0 Å². The molecule has 2 aromatic carbocycles. The Morgan fingerprint density at radius 1 is 1.05 bits per heavy atom. The summed E-state index contributed by atoms with van der Waals surface area (Å²) in [7, 11) is 0. The minimum Gasteiger partial charge on any atom is -0.506 e. The van der Waals surface area contributed by atoms with Gasteiger partial charge in [-0.15, -0.1) is 0 Å². The maximum absolute atomic E-state index is 12.1. The standard InChI is InChI=1S/C15H11BrCl2O2/c16-11-5-1-9(2-6-11)12(19)7-3-10-4-8-13(20)15(18)14(10)17/h1-2,4-6,8,20H,3,7H2. The third-order valence-electron chi connectivity index (χ3n) is 2.93. The fourth-order valence-corrected chi connectivity index (χ4v) is 2.50. The molecule has 0 unspecified atom stereocenters. The first kappa shape index (κ1) is 15.4. The molecule has 0 aliphatic carbocycles. The highest BCUT2D eigenvalue weighted by molar-refractivity contribution is 9.10. The van der Waals surface area contributed by atoms with E-state index in [4.69, 9.17) is 23.2 Å². The summed E-state index contributed by atoms with van der Waals surface area (Å²) in [5.74, 6) is -0.0163. The molecule has 0 amide bonds. The number of halogens is 3. The number of Topliss-reactive ketones (excluding diaryl/α,β-unsaturated/α-hetero) is 1. The monoisotopic (exact) mass is 372 g/mol. The van der Waals surface area contributed by atoms with E-state index in [-0.39, 0.29) is 16.6 Å². The predicted molar refractivity (Wildman–Crippen MR) is 84.9 cm³/mol. The van der Waals surface area contributed by atoms with Crippen LogP contribution in [0.5, 0.6) is 5.75 Å². The quantitative estimate of drug-likeness (QED) is 0.740. The molecule has 0 saturated carbocycles. The van der Waals surface area contributed by atoms with Gasteiger partial charge in [0.2, 0.25) is 0 Å². The smallest absolute Gasteiger partial charge is 0.163 e. The van der Waals surface area contributed by atoms with E-state index in [1.807, 2.05) is 12.1 Å². The minimum atomic E-state index is -0.0559. The van der Waals surface area contributed by atoms with Crippen LogP contribution in [0.1, 0.15) is 22.3 Å². The molecule has 2 rings (SSSR count). The highest BCUT2D eigenvalue weighted by atomic mass is 79.9. The highest BCUT2D eigenvalue weighted by Gasteiger charge is 2.12. The second kappa shape index (κ2) is 6.61. The van der Waals surface area contributed by atoms with Crippen molar-refractivity contribution >= 4 is 44.9 Å². The molecule has 20 heavy (non-hydrogen) atoms. The van der Waals surface area contributed by atoms with Gasteiger partial charge in [0, 0.05) is 16.5 Å². The third-order valence-corrected chi connectivity index (χ3v) is 4.37. The Morgan fingerprint density at radius 2 is 1.70 bits per heavy atom. The summed E-state index contributed by atoms with van der Waals surface area (Å²) < 4.78 is 0.933. The van der Waals surface area contributed by atoms with Crippen LogP contribution in [0.3, 0.4) is 0 Å². The lowest BCUT2D eigenvalue weighted by molar-refractivity contribution is 0.0983. The molecule has 0 bridgehead atoms. The zero-order valence-electron chi connectivity index (χ0n) is 10.4. The summed E-state index contributed by atoms with van der Waals surface area (Å²) in [5.41, 5.74) is 1.41. The van der Waals surface area contributed by atoms with Crippen molar-refractivity contribution in [3.63, 3.8) is 0 Å². The Bertz CT molecular complexity index is 639. The lowest BCUT2D eigenvalue weighted by Crippen LogP contribution is -2.01. The Balaban J connectivity index is 2.07. The van der Waals surface area contributed by atoms with Crippen LogP contribution < -0.4 is 0 Å². The third kappa shape index (κ3) is 3.54. The van der Waals surface area contributed by atoms with Gasteiger partial charge in [-0.3, -0.25) is 4.79 Å². The van der Waals surface area contributed by atoms with Gasteiger partial charge in [-0.2, -0.15) is 0 Å². The fraction of sp³-hybridized carbons (Fsp3) is 0.133. The summed E-state index contributed by atoms with van der Waals surface area (Å²) >= 11 is 15.2. The van der Waals surface area contributed by atoms with Crippen LogP contribution in [0.25, 0.3) is 0 Å². The number of rotatable bonds is 4. The molecule has 0 fully saturated rings. The minimum absolute atomic E-state index is 0.0396. The van der Waals surface area contributed by atoms with Crippen molar-refractivity contribution < 1.29 is 9.90 Å². The Morgan fingerprint density at radius 3 is 2.35 bits per heavy atom. The van der Waals surface area contributed by atoms with Crippen molar-refractivity contribution in [2.75, 3.05) is 0 Å². The van der Waals surface area contributed by atoms with Crippen LogP contribution in [0.2, 0.25) is 10.0 Å². The number of hydrogen-bond donors (Lipinski definition) is 1. The molecule has 5 heteroatoms. The average Bonchev–Trinajstić information content (AvgIpc) is 2.44. The molecule has 0 aliphatic rings. The fourth-order valence-electron chi connectivity index (χ4n) is 1.80. The Labute approximate surface area is 135 Å². The zero-order valence-corrected chi connectivity index (χ0v) is 13.5. The van der Waals surface area contributed by atoms with Gasteiger partial charge in [-0.05, 0) is 30.2 Å². The molecule has 0 atom stereocenters. The van der Waals surface area contributed by atoms with Crippen LogP contribution in [0.4, 0.5) is 0 Å². The van der Waals surface area contributed by atoms with E-state index in [2.05, 4.69) is 15.9 Å². The zero-order chi connectivity index (χ0) is 14.7. The number of carbonyl (C=O) groups excluding carboxylic acids is 1. The molecular formula is C15H11BrCl2O2. The topological polar surface area (TPSA) is 37.3 Å². The molecule has 0 radical (unpaired) electrons. The molecule has 0 aliphatic heterocycles. The van der Waals surface area contributed by atoms with E-state index in [1.165, 1.54) is 6.07 Å². The molecule has 104 valence electrons. The summed E-state index contributed by atoms with van der Waals surface area (Å²) in [6.07, 6.45) is 0.816. The van der Waals surface area contributed by atoms with Gasteiger partial charge in [0.1, 0.15) is 10.8 Å². The summed E-state index contributed by atoms with van der Waals surface area (Å²) in [6.45, 7) is 0. The van der Waals surface area contributed by atoms with Crippen LogP contribution >= 0.6 is 39.1 Å². The van der Waals surface area contributed by atoms with Gasteiger partial charge in [-0.1, -0.05) is 57.3 Å². The lowest BCUT2D eigenvalue weighted by Gasteiger charge is -2.07. The molecular weight excluding hydrogens is 363 g/mol. The number of benzene rings is 2. The van der Waals surface area contributed by atoms with Crippen LogP contribution in [-0.4, -0.2) is 10.9 Å². The lowest BCUT2D eigenvalue weighted by atomic mass is 10.0. The predicted octanol–water partition coefficient (Wildman–Crippen LogP) is 5.28. The summed E-state index contributed by atoms with van der Waals surface area (Å²) in [6, 6.07) is 10.4. The van der Waals surface area contributed by atoms with Crippen LogP contribution in [0, 0.1) is 0 Å². The maximum Gasteiger partial charge on any atom is 0.163 e. The second-order valence-electron chi connectivity index (χ2n) is 4.30. The van der Waals surface area contributed by atoms with E-state index < -0.39 is 0 Å². The summed E-state index contributed by atoms with van der Waals surface area (Å²) in [5, 5.41) is 9.84. The summed E-state index contributed by atoms with van der Waals surface area (Å²) in [4.78, 5) is 12.1. The van der Waals surface area contributed by atoms with Crippen molar-refractivity contribution in [1.82, 2.24) is 0 Å². The first-order chi connectivity index (χ1) is 9.49. The number of hydrogen-bond acceptors (Lipinski definition) is 2. The number of aryl methyl sites for hydroxylation is 1. The highest BCUT2D eigenvalue weighted by Crippen LogP contribution is 2.34. The molecule has 2 nitrogen and oxygen atoms in total. The van der Waals surface area contributed by atoms with Crippen molar-refractivity contribution in [3.05, 3.63) is 62.0 Å². The second-order valence-corrected chi connectivity index (χ2v) is 5.97. The first-order valence-electron chi connectivity index (χ1n) is 5.93. The molecule has 2 aromatic rings. The van der Waals surface area contributed by atoms with Gasteiger partial charge < -0.3 is 5.11 Å². The average molecular weight is 374 g/mol. The Hall–Kier alpha value is -1.03. The number of aromatic hydroxyl groups is 1. The molecule has 0 heterocycles. The number of ketones is 1. The van der Waals surface area contributed by atoms with E-state index in [0.717, 1.165) is 10.0 Å². The number of phenolic OH excluding ortho intramolecular Hbond substituents is 1. The molecule has 0 saturated heterocycles. The van der Waals surface area contributed by atoms with Gasteiger partial charge in [-0.25, -0.2) is 0 Å². The van der Waals surface area contributed by atoms with Crippen molar-refractivity contribution in [3.8, 4) is 5.75 Å². The van der Waals surface area contributed by atoms with Gasteiger partial charge in [0.15, 0.2) is 5.78 Å². The molecule has 1 N–H and O–H groups in total. The van der Waals surface area contributed by atoms with Crippen molar-refractivity contribution in [1.29, 1.82) is 0 Å².